The van der Waals surface area contributed by atoms with Crippen LogP contribution in [0.25, 0.3) is 0 Å². The van der Waals surface area contributed by atoms with Crippen molar-refractivity contribution in [2.24, 2.45) is 23.2 Å². The zero-order valence-electron chi connectivity index (χ0n) is 19.3. The molecule has 1 aliphatic heterocycles. The van der Waals surface area contributed by atoms with Crippen molar-refractivity contribution in [2.75, 3.05) is 11.9 Å². The third kappa shape index (κ3) is 3.91. The highest BCUT2D eigenvalue weighted by atomic mass is 19.2. The minimum absolute atomic E-state index is 0.0621. The van der Waals surface area contributed by atoms with Crippen molar-refractivity contribution in [3.8, 4) is 0 Å². The molecule has 1 N–H and O–H groups in total. The van der Waals surface area contributed by atoms with Gasteiger partial charge >= 0.3 is 0 Å². The Morgan fingerprint density at radius 3 is 2.38 bits per heavy atom. The number of halogens is 2. The van der Waals surface area contributed by atoms with Gasteiger partial charge in [0, 0.05) is 30.8 Å². The summed E-state index contributed by atoms with van der Waals surface area (Å²) in [5.74, 6) is 0.528. The lowest BCUT2D eigenvalue weighted by Gasteiger charge is -2.56. The molecule has 178 valence electrons. The van der Waals surface area contributed by atoms with E-state index < -0.39 is 11.6 Å². The van der Waals surface area contributed by atoms with E-state index in [-0.39, 0.29) is 23.8 Å². The Labute approximate surface area is 198 Å². The highest BCUT2D eigenvalue weighted by Crippen LogP contribution is 2.61. The number of nitrogens with one attached hydrogen (secondary N) is 1. The van der Waals surface area contributed by atoms with E-state index in [0.717, 1.165) is 41.1 Å². The lowest BCUT2D eigenvalue weighted by Crippen LogP contribution is -2.47. The minimum atomic E-state index is -0.911. The van der Waals surface area contributed by atoms with Gasteiger partial charge in [-0.25, -0.2) is 8.78 Å². The molecule has 4 aliphatic carbocycles. The van der Waals surface area contributed by atoms with Crippen molar-refractivity contribution in [2.45, 2.75) is 57.9 Å². The largest absolute Gasteiger partial charge is 0.334 e. The SMILES string of the molecule is O=C(CC12CC3CC(CC(C3)C1)C2)Nc1cccc2c1CCN(Cc1ccc(F)c(F)c1)C2=O. The first kappa shape index (κ1) is 21.8. The van der Waals surface area contributed by atoms with Gasteiger partial charge in [-0.3, -0.25) is 9.59 Å². The third-order valence-electron chi connectivity index (χ3n) is 8.66. The van der Waals surface area contributed by atoms with Gasteiger partial charge in [0.25, 0.3) is 5.91 Å². The van der Waals surface area contributed by atoms with Crippen LogP contribution in [0.5, 0.6) is 0 Å². The molecule has 5 aliphatic rings. The van der Waals surface area contributed by atoms with Gasteiger partial charge in [-0.2, -0.15) is 0 Å². The van der Waals surface area contributed by atoms with Gasteiger partial charge in [-0.15, -0.1) is 0 Å². The Morgan fingerprint density at radius 2 is 1.71 bits per heavy atom. The molecule has 0 aromatic heterocycles. The molecule has 4 nitrogen and oxygen atoms in total. The summed E-state index contributed by atoms with van der Waals surface area (Å²) in [7, 11) is 0. The van der Waals surface area contributed by atoms with Crippen molar-refractivity contribution in [1.29, 1.82) is 0 Å². The predicted octanol–water partition coefficient (Wildman–Crippen LogP) is 5.71. The summed E-state index contributed by atoms with van der Waals surface area (Å²) in [6.45, 7) is 0.685. The second kappa shape index (κ2) is 8.17. The number of hydrogen-bond donors (Lipinski definition) is 1. The molecular weight excluding hydrogens is 434 g/mol. The quantitative estimate of drug-likeness (QED) is 0.616. The second-order valence-electron chi connectivity index (χ2n) is 11.2. The molecule has 4 fully saturated rings. The molecule has 2 aromatic rings. The first-order valence-electron chi connectivity index (χ1n) is 12.5. The van der Waals surface area contributed by atoms with Crippen molar-refractivity contribution in [3.05, 3.63) is 64.7 Å². The minimum Gasteiger partial charge on any atom is -0.334 e. The fraction of sp³-hybridized carbons (Fsp3) is 0.500. The third-order valence-corrected chi connectivity index (χ3v) is 8.66. The Bertz CT molecular complexity index is 1130. The van der Waals surface area contributed by atoms with E-state index in [9.17, 15) is 18.4 Å². The van der Waals surface area contributed by atoms with Crippen LogP contribution < -0.4 is 5.32 Å². The lowest BCUT2D eigenvalue weighted by molar-refractivity contribution is -0.124. The van der Waals surface area contributed by atoms with Crippen LogP contribution in [0.2, 0.25) is 0 Å². The molecule has 0 spiro atoms. The molecule has 4 saturated carbocycles. The second-order valence-corrected chi connectivity index (χ2v) is 11.2. The van der Waals surface area contributed by atoms with Crippen LogP contribution in [0.3, 0.4) is 0 Å². The first-order chi connectivity index (χ1) is 16.4. The zero-order chi connectivity index (χ0) is 23.4. The Balaban J connectivity index is 1.16. The number of rotatable bonds is 5. The molecule has 34 heavy (non-hydrogen) atoms. The van der Waals surface area contributed by atoms with E-state index in [0.29, 0.717) is 30.5 Å². The average molecular weight is 465 g/mol. The van der Waals surface area contributed by atoms with E-state index in [1.165, 1.54) is 44.6 Å². The fourth-order valence-corrected chi connectivity index (χ4v) is 7.74. The van der Waals surface area contributed by atoms with Gasteiger partial charge in [0.05, 0.1) is 0 Å². The highest BCUT2D eigenvalue weighted by Gasteiger charge is 2.51. The van der Waals surface area contributed by atoms with E-state index in [2.05, 4.69) is 5.32 Å². The van der Waals surface area contributed by atoms with Crippen molar-refractivity contribution < 1.29 is 18.4 Å². The van der Waals surface area contributed by atoms with Gasteiger partial charge < -0.3 is 10.2 Å². The van der Waals surface area contributed by atoms with Gasteiger partial charge in [-0.05, 0) is 104 Å². The van der Waals surface area contributed by atoms with Crippen molar-refractivity contribution in [3.63, 3.8) is 0 Å². The molecule has 0 atom stereocenters. The smallest absolute Gasteiger partial charge is 0.254 e. The molecule has 4 bridgehead atoms. The van der Waals surface area contributed by atoms with Crippen LogP contribution in [-0.4, -0.2) is 23.3 Å². The monoisotopic (exact) mass is 464 g/mol. The molecule has 2 amide bonds. The number of carbonyl (C=O) groups is 2. The van der Waals surface area contributed by atoms with Gasteiger partial charge in [0.2, 0.25) is 5.91 Å². The number of carbonyl (C=O) groups excluding carboxylic acids is 2. The number of hydrogen-bond acceptors (Lipinski definition) is 2. The molecular formula is C28H30F2N2O2. The van der Waals surface area contributed by atoms with Crippen LogP contribution in [0, 0.1) is 34.8 Å². The standard InChI is InChI=1S/C28H30F2N2O2/c29-23-5-4-17(11-24(23)30)16-32-7-6-21-22(27(32)34)2-1-3-25(21)31-26(33)15-28-12-18-8-19(13-28)10-20(9-18)14-28/h1-5,11,18-20H,6-10,12-16H2,(H,31,33). The topological polar surface area (TPSA) is 49.4 Å². The maximum Gasteiger partial charge on any atom is 0.254 e. The van der Waals surface area contributed by atoms with Crippen LogP contribution in [-0.2, 0) is 17.8 Å². The summed E-state index contributed by atoms with van der Waals surface area (Å²) >= 11 is 0. The fourth-order valence-electron chi connectivity index (χ4n) is 7.74. The molecule has 1 heterocycles. The first-order valence-corrected chi connectivity index (χ1v) is 12.5. The summed E-state index contributed by atoms with van der Waals surface area (Å²) in [6.07, 6.45) is 8.84. The number of benzene rings is 2. The molecule has 0 unspecified atom stereocenters. The molecule has 0 radical (unpaired) electrons. The molecule has 6 heteroatoms. The van der Waals surface area contributed by atoms with Crippen LogP contribution >= 0.6 is 0 Å². The highest BCUT2D eigenvalue weighted by molar-refractivity contribution is 6.00. The number of anilines is 1. The maximum atomic E-state index is 13.6. The molecule has 0 saturated heterocycles. The Morgan fingerprint density at radius 1 is 1.00 bits per heavy atom. The van der Waals surface area contributed by atoms with E-state index in [1.54, 1.807) is 17.0 Å². The number of fused-ring (bicyclic) bond motifs is 1. The van der Waals surface area contributed by atoms with Gasteiger partial charge in [0.1, 0.15) is 0 Å². The van der Waals surface area contributed by atoms with E-state index in [4.69, 9.17) is 0 Å². The summed E-state index contributed by atoms with van der Waals surface area (Å²) in [4.78, 5) is 28.0. The lowest BCUT2D eigenvalue weighted by atomic mass is 9.49. The normalized spacial score (nSPS) is 29.3. The summed E-state index contributed by atoms with van der Waals surface area (Å²) < 4.78 is 26.8. The average Bonchev–Trinajstić information content (AvgIpc) is 2.77. The van der Waals surface area contributed by atoms with E-state index >= 15 is 0 Å². The summed E-state index contributed by atoms with van der Waals surface area (Å²) in [5.41, 5.74) is 2.89. The van der Waals surface area contributed by atoms with Crippen LogP contribution in [0.4, 0.5) is 14.5 Å². The van der Waals surface area contributed by atoms with Gasteiger partial charge in [-0.1, -0.05) is 12.1 Å². The van der Waals surface area contributed by atoms with Crippen LogP contribution in [0.1, 0.15) is 66.4 Å². The van der Waals surface area contributed by atoms with Crippen LogP contribution in [0.15, 0.2) is 36.4 Å². The van der Waals surface area contributed by atoms with Crippen molar-refractivity contribution in [1.82, 2.24) is 4.90 Å². The Hall–Kier alpha value is -2.76. The van der Waals surface area contributed by atoms with Gasteiger partial charge in [0.15, 0.2) is 11.6 Å². The predicted molar refractivity (Wildman–Crippen MR) is 125 cm³/mol. The Kier molecular flexibility index (Phi) is 5.23. The van der Waals surface area contributed by atoms with E-state index in [1.807, 2.05) is 6.07 Å². The zero-order valence-corrected chi connectivity index (χ0v) is 19.3. The summed E-state index contributed by atoms with van der Waals surface area (Å²) in [6, 6.07) is 9.20. The molecule has 2 aromatic carbocycles. The van der Waals surface area contributed by atoms with Crippen molar-refractivity contribution >= 4 is 17.5 Å². The maximum absolute atomic E-state index is 13.6. The number of amides is 2. The number of nitrogens with zero attached hydrogens (tertiary/aromatic N) is 1. The summed E-state index contributed by atoms with van der Waals surface area (Å²) in [5, 5.41) is 3.14. The molecule has 7 rings (SSSR count).